The molecule has 4 rings (SSSR count). The first kappa shape index (κ1) is 21.1. The SMILES string of the molecule is CN(Cc1ccccc1)c1nc2ncnc(SCC(=O)Nc3ccc(F)cc3F)c2s1. The smallest absolute Gasteiger partial charge is 0.234 e. The van der Waals surface area contributed by atoms with E-state index in [4.69, 9.17) is 0 Å². The summed E-state index contributed by atoms with van der Waals surface area (Å²) in [4.78, 5) is 27.3. The van der Waals surface area contributed by atoms with Gasteiger partial charge in [-0.2, -0.15) is 4.98 Å². The zero-order valence-electron chi connectivity index (χ0n) is 16.4. The zero-order chi connectivity index (χ0) is 21.8. The van der Waals surface area contributed by atoms with Crippen molar-refractivity contribution in [3.63, 3.8) is 0 Å². The van der Waals surface area contributed by atoms with Crippen molar-refractivity contribution in [2.45, 2.75) is 11.6 Å². The van der Waals surface area contributed by atoms with Crippen molar-refractivity contribution in [1.82, 2.24) is 15.0 Å². The number of nitrogens with zero attached hydrogens (tertiary/aromatic N) is 4. The first-order chi connectivity index (χ1) is 15.0. The van der Waals surface area contributed by atoms with E-state index in [1.165, 1.54) is 35.5 Å². The van der Waals surface area contributed by atoms with Gasteiger partial charge in [0.25, 0.3) is 0 Å². The molecule has 0 spiro atoms. The van der Waals surface area contributed by atoms with Crippen molar-refractivity contribution in [2.75, 3.05) is 23.0 Å². The summed E-state index contributed by atoms with van der Waals surface area (Å²) in [6.07, 6.45) is 1.41. The Morgan fingerprint density at radius 2 is 1.97 bits per heavy atom. The summed E-state index contributed by atoms with van der Waals surface area (Å²) < 4.78 is 27.5. The van der Waals surface area contributed by atoms with E-state index in [1.54, 1.807) is 0 Å². The van der Waals surface area contributed by atoms with Crippen LogP contribution in [0, 0.1) is 11.6 Å². The lowest BCUT2D eigenvalue weighted by molar-refractivity contribution is -0.113. The maximum absolute atomic E-state index is 13.7. The van der Waals surface area contributed by atoms with Crippen LogP contribution < -0.4 is 10.2 Å². The number of nitrogens with one attached hydrogen (secondary N) is 1. The molecule has 2 aromatic carbocycles. The van der Waals surface area contributed by atoms with Crippen LogP contribution in [0.1, 0.15) is 5.56 Å². The van der Waals surface area contributed by atoms with Crippen LogP contribution in [-0.4, -0.2) is 33.7 Å². The van der Waals surface area contributed by atoms with Gasteiger partial charge in [0.1, 0.15) is 27.7 Å². The second-order valence-electron chi connectivity index (χ2n) is 6.63. The van der Waals surface area contributed by atoms with Gasteiger partial charge >= 0.3 is 0 Å². The number of hydrogen-bond donors (Lipinski definition) is 1. The summed E-state index contributed by atoms with van der Waals surface area (Å²) in [5.41, 5.74) is 1.65. The third kappa shape index (κ3) is 5.15. The molecule has 0 saturated carbocycles. The molecule has 10 heteroatoms. The molecule has 6 nitrogen and oxygen atoms in total. The number of halogens is 2. The van der Waals surface area contributed by atoms with Gasteiger partial charge in [-0.1, -0.05) is 53.4 Å². The number of anilines is 2. The fourth-order valence-corrected chi connectivity index (χ4v) is 4.68. The monoisotopic (exact) mass is 457 g/mol. The number of thiazole rings is 1. The molecule has 0 bridgehead atoms. The van der Waals surface area contributed by atoms with E-state index in [0.717, 1.165) is 27.5 Å². The Labute approximate surface area is 185 Å². The number of fused-ring (bicyclic) bond motifs is 1. The Bertz CT molecular complexity index is 1220. The predicted molar refractivity (Wildman–Crippen MR) is 119 cm³/mol. The fraction of sp³-hybridized carbons (Fsp3) is 0.143. The van der Waals surface area contributed by atoms with Crippen LogP contribution in [0.25, 0.3) is 10.3 Å². The van der Waals surface area contributed by atoms with Crippen molar-refractivity contribution in [3.05, 3.63) is 72.1 Å². The summed E-state index contributed by atoms with van der Waals surface area (Å²) in [7, 11) is 1.95. The number of hydrogen-bond acceptors (Lipinski definition) is 7. The molecule has 158 valence electrons. The number of aromatic nitrogens is 3. The molecule has 1 amide bonds. The second-order valence-corrected chi connectivity index (χ2v) is 8.57. The highest BCUT2D eigenvalue weighted by atomic mass is 32.2. The molecule has 4 aromatic rings. The normalized spacial score (nSPS) is 10.9. The molecule has 0 aliphatic heterocycles. The van der Waals surface area contributed by atoms with Crippen LogP contribution in [-0.2, 0) is 11.3 Å². The van der Waals surface area contributed by atoms with Crippen LogP contribution in [0.5, 0.6) is 0 Å². The van der Waals surface area contributed by atoms with Gasteiger partial charge in [-0.15, -0.1) is 0 Å². The molecule has 0 radical (unpaired) electrons. The molecule has 0 unspecified atom stereocenters. The molecule has 0 aliphatic rings. The molecule has 31 heavy (non-hydrogen) atoms. The summed E-state index contributed by atoms with van der Waals surface area (Å²) in [5, 5.41) is 3.85. The molecule has 0 fully saturated rings. The fourth-order valence-electron chi connectivity index (χ4n) is 2.82. The van der Waals surface area contributed by atoms with Gasteiger partial charge in [0.15, 0.2) is 10.8 Å². The summed E-state index contributed by atoms with van der Waals surface area (Å²) >= 11 is 2.65. The van der Waals surface area contributed by atoms with E-state index >= 15 is 0 Å². The van der Waals surface area contributed by atoms with Gasteiger partial charge in [0.2, 0.25) is 5.91 Å². The van der Waals surface area contributed by atoms with Gasteiger partial charge < -0.3 is 10.2 Å². The maximum Gasteiger partial charge on any atom is 0.234 e. The van der Waals surface area contributed by atoms with Gasteiger partial charge in [-0.25, -0.2) is 18.7 Å². The van der Waals surface area contributed by atoms with Gasteiger partial charge in [-0.3, -0.25) is 4.79 Å². The van der Waals surface area contributed by atoms with Gasteiger partial charge in [0, 0.05) is 19.7 Å². The van der Waals surface area contributed by atoms with E-state index in [9.17, 15) is 13.6 Å². The lowest BCUT2D eigenvalue weighted by atomic mass is 10.2. The largest absolute Gasteiger partial charge is 0.347 e. The average molecular weight is 458 g/mol. The van der Waals surface area contributed by atoms with Crippen LogP contribution in [0.3, 0.4) is 0 Å². The van der Waals surface area contributed by atoms with Gasteiger partial charge in [-0.05, 0) is 17.7 Å². The predicted octanol–water partition coefficient (Wildman–Crippen LogP) is 4.73. The third-order valence-electron chi connectivity index (χ3n) is 4.28. The van der Waals surface area contributed by atoms with Crippen molar-refractivity contribution in [3.8, 4) is 0 Å². The number of carbonyl (C=O) groups is 1. The zero-order valence-corrected chi connectivity index (χ0v) is 18.0. The van der Waals surface area contributed by atoms with Crippen molar-refractivity contribution in [2.24, 2.45) is 0 Å². The first-order valence-electron chi connectivity index (χ1n) is 9.24. The minimum atomic E-state index is -0.823. The number of carbonyl (C=O) groups excluding carboxylic acids is 1. The summed E-state index contributed by atoms with van der Waals surface area (Å²) in [6.45, 7) is 0.697. The molecular formula is C21H17F2N5OS2. The van der Waals surface area contributed by atoms with E-state index < -0.39 is 17.5 Å². The average Bonchev–Trinajstić information content (AvgIpc) is 3.20. The third-order valence-corrected chi connectivity index (χ3v) is 6.57. The Morgan fingerprint density at radius 3 is 2.74 bits per heavy atom. The highest BCUT2D eigenvalue weighted by Gasteiger charge is 2.16. The molecule has 2 heterocycles. The van der Waals surface area contributed by atoms with Crippen LogP contribution >= 0.6 is 23.1 Å². The molecule has 1 N–H and O–H groups in total. The number of amides is 1. The Hall–Kier alpha value is -3.11. The Morgan fingerprint density at radius 1 is 1.16 bits per heavy atom. The first-order valence-corrected chi connectivity index (χ1v) is 11.0. The summed E-state index contributed by atoms with van der Waals surface area (Å²) in [5.74, 6) is -1.94. The van der Waals surface area contributed by atoms with E-state index in [1.807, 2.05) is 42.3 Å². The van der Waals surface area contributed by atoms with Crippen LogP contribution in [0.4, 0.5) is 19.6 Å². The number of thioether (sulfide) groups is 1. The topological polar surface area (TPSA) is 71.0 Å². The molecule has 0 aliphatic carbocycles. The lowest BCUT2D eigenvalue weighted by Crippen LogP contribution is -2.15. The highest BCUT2D eigenvalue weighted by molar-refractivity contribution is 8.00. The van der Waals surface area contributed by atoms with Crippen LogP contribution in [0.15, 0.2) is 59.9 Å². The lowest BCUT2D eigenvalue weighted by Gasteiger charge is -2.15. The molecule has 0 atom stereocenters. The van der Waals surface area contributed by atoms with E-state index in [0.29, 0.717) is 17.2 Å². The number of benzene rings is 2. The van der Waals surface area contributed by atoms with Crippen molar-refractivity contribution < 1.29 is 13.6 Å². The standard InChI is InChI=1S/C21H17F2N5OS2/c1-28(10-13-5-3-2-4-6-13)21-27-19-18(31-21)20(25-12-24-19)30-11-17(29)26-16-8-7-14(22)9-15(16)23/h2-9,12H,10-11H2,1H3,(H,26,29). The van der Waals surface area contributed by atoms with Crippen molar-refractivity contribution >= 4 is 50.2 Å². The highest BCUT2D eigenvalue weighted by Crippen LogP contribution is 2.33. The van der Waals surface area contributed by atoms with Gasteiger partial charge in [0.05, 0.1) is 11.4 Å². The van der Waals surface area contributed by atoms with E-state index in [2.05, 4.69) is 20.3 Å². The maximum atomic E-state index is 13.7. The summed E-state index contributed by atoms with van der Waals surface area (Å²) in [6, 6.07) is 13.1. The quantitative estimate of drug-likeness (QED) is 0.320. The second kappa shape index (κ2) is 9.36. The van der Waals surface area contributed by atoms with E-state index in [-0.39, 0.29) is 11.4 Å². The molecule has 0 saturated heterocycles. The Balaban J connectivity index is 1.45. The minimum Gasteiger partial charge on any atom is -0.347 e. The molecule has 2 aromatic heterocycles. The molecular weight excluding hydrogens is 440 g/mol. The minimum absolute atomic E-state index is 0.00994. The van der Waals surface area contributed by atoms with Crippen molar-refractivity contribution in [1.29, 1.82) is 0 Å². The van der Waals surface area contributed by atoms with Crippen LogP contribution in [0.2, 0.25) is 0 Å². The Kier molecular flexibility index (Phi) is 6.38. The number of rotatable bonds is 7.